The van der Waals surface area contributed by atoms with E-state index < -0.39 is 0 Å². The molecule has 0 aliphatic heterocycles. The third-order valence-electron chi connectivity index (χ3n) is 1.74. The minimum absolute atomic E-state index is 0.0437. The molecule has 0 spiro atoms. The third-order valence-corrected chi connectivity index (χ3v) is 3.53. The van der Waals surface area contributed by atoms with Crippen molar-refractivity contribution in [3.8, 4) is 0 Å². The summed E-state index contributed by atoms with van der Waals surface area (Å²) in [7, 11) is 0. The van der Waals surface area contributed by atoms with Crippen molar-refractivity contribution >= 4 is 27.3 Å². The Morgan fingerprint density at radius 1 is 1.64 bits per heavy atom. The Balaban J connectivity index is 2.45. The molecule has 80 valence electrons. The summed E-state index contributed by atoms with van der Waals surface area (Å²) < 4.78 is 6.59. The molecule has 1 aromatic heterocycles. The first-order chi connectivity index (χ1) is 6.77. The second-order valence-electron chi connectivity index (χ2n) is 2.84. The van der Waals surface area contributed by atoms with Gasteiger partial charge in [-0.15, -0.1) is 11.3 Å². The minimum Gasteiger partial charge on any atom is -0.396 e. The third kappa shape index (κ3) is 3.67. The van der Waals surface area contributed by atoms with Crippen LogP contribution in [0, 0.1) is 0 Å². The first-order valence-corrected chi connectivity index (χ1v) is 6.11. The molecule has 5 heteroatoms. The van der Waals surface area contributed by atoms with Crippen molar-refractivity contribution < 1.29 is 9.84 Å². The number of thiophene rings is 1. The molecule has 0 amide bonds. The van der Waals surface area contributed by atoms with Crippen molar-refractivity contribution in [2.45, 2.75) is 12.5 Å². The fourth-order valence-corrected chi connectivity index (χ4v) is 2.56. The van der Waals surface area contributed by atoms with Gasteiger partial charge < -0.3 is 15.6 Å². The van der Waals surface area contributed by atoms with Crippen molar-refractivity contribution in [2.24, 2.45) is 5.73 Å². The molecular weight excluding hydrogens is 266 g/mol. The van der Waals surface area contributed by atoms with Gasteiger partial charge in [0.2, 0.25) is 0 Å². The fraction of sp³-hybridized carbons (Fsp3) is 0.556. The number of nitrogens with two attached hydrogens (primary N) is 1. The van der Waals surface area contributed by atoms with Crippen LogP contribution in [0.5, 0.6) is 0 Å². The highest BCUT2D eigenvalue weighted by Gasteiger charge is 2.11. The zero-order chi connectivity index (χ0) is 10.4. The van der Waals surface area contributed by atoms with E-state index in [0.29, 0.717) is 19.6 Å². The SMILES string of the molecule is NCC(OCCCO)c1cc(Br)cs1. The average Bonchev–Trinajstić information content (AvgIpc) is 2.60. The van der Waals surface area contributed by atoms with Crippen LogP contribution >= 0.6 is 27.3 Å². The number of halogens is 1. The number of hydrogen-bond acceptors (Lipinski definition) is 4. The van der Waals surface area contributed by atoms with Crippen LogP contribution in [-0.2, 0) is 4.74 Å². The van der Waals surface area contributed by atoms with Crippen LogP contribution in [0.2, 0.25) is 0 Å². The number of aliphatic hydroxyl groups excluding tert-OH is 1. The predicted molar refractivity (Wildman–Crippen MR) is 61.5 cm³/mol. The summed E-state index contributed by atoms with van der Waals surface area (Å²) in [5, 5.41) is 10.6. The first-order valence-electron chi connectivity index (χ1n) is 4.44. The van der Waals surface area contributed by atoms with Crippen molar-refractivity contribution in [1.29, 1.82) is 0 Å². The Hall–Kier alpha value is 0.0600. The summed E-state index contributed by atoms with van der Waals surface area (Å²) in [5.74, 6) is 0. The highest BCUT2D eigenvalue weighted by Crippen LogP contribution is 2.27. The highest BCUT2D eigenvalue weighted by atomic mass is 79.9. The first kappa shape index (κ1) is 12.1. The monoisotopic (exact) mass is 279 g/mol. The Morgan fingerprint density at radius 3 is 2.93 bits per heavy atom. The Bertz CT molecular complexity index is 267. The molecule has 0 saturated heterocycles. The topological polar surface area (TPSA) is 55.5 Å². The maximum Gasteiger partial charge on any atom is 0.104 e. The van der Waals surface area contributed by atoms with E-state index in [1.165, 1.54) is 0 Å². The van der Waals surface area contributed by atoms with Gasteiger partial charge in [-0.2, -0.15) is 0 Å². The molecule has 0 aliphatic carbocycles. The highest BCUT2D eigenvalue weighted by molar-refractivity contribution is 9.10. The predicted octanol–water partition coefficient (Wildman–Crippen LogP) is 1.91. The van der Waals surface area contributed by atoms with Gasteiger partial charge in [-0.05, 0) is 28.4 Å². The molecule has 0 fully saturated rings. The maximum atomic E-state index is 8.61. The van der Waals surface area contributed by atoms with E-state index >= 15 is 0 Å². The van der Waals surface area contributed by atoms with E-state index in [1.807, 2.05) is 11.4 Å². The summed E-state index contributed by atoms with van der Waals surface area (Å²) in [6, 6.07) is 2.02. The van der Waals surface area contributed by atoms with Crippen LogP contribution in [0.25, 0.3) is 0 Å². The molecule has 1 heterocycles. The quantitative estimate of drug-likeness (QED) is 0.783. The lowest BCUT2D eigenvalue weighted by molar-refractivity contribution is 0.0510. The maximum absolute atomic E-state index is 8.61. The fourth-order valence-electron chi connectivity index (χ4n) is 1.05. The average molecular weight is 280 g/mol. The van der Waals surface area contributed by atoms with Crippen LogP contribution in [0.3, 0.4) is 0 Å². The lowest BCUT2D eigenvalue weighted by atomic mass is 10.3. The zero-order valence-electron chi connectivity index (χ0n) is 7.78. The van der Waals surface area contributed by atoms with E-state index in [-0.39, 0.29) is 12.7 Å². The Morgan fingerprint density at radius 2 is 2.43 bits per heavy atom. The molecule has 0 radical (unpaired) electrons. The molecule has 0 aromatic carbocycles. The molecule has 1 rings (SSSR count). The Kier molecular flexibility index (Phi) is 5.66. The lowest BCUT2D eigenvalue weighted by Gasteiger charge is -2.13. The largest absolute Gasteiger partial charge is 0.396 e. The van der Waals surface area contributed by atoms with Gasteiger partial charge in [-0.3, -0.25) is 0 Å². The number of hydrogen-bond donors (Lipinski definition) is 2. The second-order valence-corrected chi connectivity index (χ2v) is 4.70. The summed E-state index contributed by atoms with van der Waals surface area (Å²) in [4.78, 5) is 1.12. The van der Waals surface area contributed by atoms with Gasteiger partial charge in [0, 0.05) is 34.5 Å². The smallest absolute Gasteiger partial charge is 0.104 e. The number of rotatable bonds is 6. The normalized spacial score (nSPS) is 13.1. The summed E-state index contributed by atoms with van der Waals surface area (Å²) >= 11 is 5.01. The van der Waals surface area contributed by atoms with Crippen LogP contribution < -0.4 is 5.73 Å². The number of ether oxygens (including phenoxy) is 1. The van der Waals surface area contributed by atoms with Gasteiger partial charge in [-0.25, -0.2) is 0 Å². The number of aliphatic hydroxyl groups is 1. The molecule has 3 N–H and O–H groups in total. The van der Waals surface area contributed by atoms with E-state index in [0.717, 1.165) is 9.35 Å². The minimum atomic E-state index is -0.0437. The molecular formula is C9H14BrNO2S. The van der Waals surface area contributed by atoms with Crippen LogP contribution in [0.1, 0.15) is 17.4 Å². The van der Waals surface area contributed by atoms with Crippen molar-refractivity contribution in [1.82, 2.24) is 0 Å². The summed E-state index contributed by atoms with van der Waals surface area (Å²) in [6.45, 7) is 1.18. The van der Waals surface area contributed by atoms with Gasteiger partial charge in [0.05, 0.1) is 0 Å². The standard InChI is InChI=1S/C9H14BrNO2S/c10-7-4-9(14-6-7)8(5-11)13-3-1-2-12/h4,6,8,12H,1-3,5,11H2. The van der Waals surface area contributed by atoms with Crippen LogP contribution in [0.15, 0.2) is 15.9 Å². The molecule has 1 unspecified atom stereocenters. The molecule has 0 bridgehead atoms. The summed E-state index contributed by atoms with van der Waals surface area (Å²) in [6.07, 6.45) is 0.612. The zero-order valence-corrected chi connectivity index (χ0v) is 10.2. The van der Waals surface area contributed by atoms with Crippen molar-refractivity contribution in [3.05, 3.63) is 20.8 Å². The molecule has 3 nitrogen and oxygen atoms in total. The van der Waals surface area contributed by atoms with Gasteiger partial charge in [0.25, 0.3) is 0 Å². The van der Waals surface area contributed by atoms with E-state index in [2.05, 4.69) is 15.9 Å². The van der Waals surface area contributed by atoms with E-state index in [1.54, 1.807) is 11.3 Å². The second kappa shape index (κ2) is 6.53. The van der Waals surface area contributed by atoms with Crippen molar-refractivity contribution in [2.75, 3.05) is 19.8 Å². The van der Waals surface area contributed by atoms with Gasteiger partial charge in [0.15, 0.2) is 0 Å². The molecule has 1 atom stereocenters. The van der Waals surface area contributed by atoms with Gasteiger partial charge in [-0.1, -0.05) is 0 Å². The van der Waals surface area contributed by atoms with Crippen LogP contribution in [-0.4, -0.2) is 24.9 Å². The van der Waals surface area contributed by atoms with Crippen molar-refractivity contribution in [3.63, 3.8) is 0 Å². The molecule has 0 saturated carbocycles. The molecule has 14 heavy (non-hydrogen) atoms. The van der Waals surface area contributed by atoms with Gasteiger partial charge in [0.1, 0.15) is 6.10 Å². The van der Waals surface area contributed by atoms with Crippen LogP contribution in [0.4, 0.5) is 0 Å². The van der Waals surface area contributed by atoms with Gasteiger partial charge >= 0.3 is 0 Å². The molecule has 0 aliphatic rings. The van der Waals surface area contributed by atoms with E-state index in [4.69, 9.17) is 15.6 Å². The Labute approximate surface area is 96.0 Å². The van der Waals surface area contributed by atoms with E-state index in [9.17, 15) is 0 Å². The lowest BCUT2D eigenvalue weighted by Crippen LogP contribution is -2.15. The summed E-state index contributed by atoms with van der Waals surface area (Å²) in [5.41, 5.74) is 5.60. The molecule has 1 aromatic rings.